The summed E-state index contributed by atoms with van der Waals surface area (Å²) < 4.78 is 0. The van der Waals surface area contributed by atoms with Crippen molar-refractivity contribution in [1.29, 1.82) is 0 Å². The van der Waals surface area contributed by atoms with Crippen LogP contribution in [0.5, 0.6) is 0 Å². The van der Waals surface area contributed by atoms with Crippen LogP contribution in [0.4, 0.5) is 11.6 Å². The summed E-state index contributed by atoms with van der Waals surface area (Å²) in [6.07, 6.45) is 2.40. The van der Waals surface area contributed by atoms with Gasteiger partial charge in [0.2, 0.25) is 0 Å². The lowest BCUT2D eigenvalue weighted by molar-refractivity contribution is 0.544. The molecule has 0 aliphatic heterocycles. The van der Waals surface area contributed by atoms with E-state index in [0.29, 0.717) is 0 Å². The fourth-order valence-corrected chi connectivity index (χ4v) is 1.99. The number of hydrogen-bond donors (Lipinski definition) is 1. The number of anilines is 2. The molecule has 1 aromatic heterocycles. The van der Waals surface area contributed by atoms with Crippen LogP contribution < -0.4 is 10.2 Å². The first-order valence-corrected chi connectivity index (χ1v) is 7.80. The SMILES string of the molecule is CCCCN(CC)c1cc(NCC)nc(C(C)(C)C)n1. The van der Waals surface area contributed by atoms with Crippen LogP contribution in [0, 0.1) is 0 Å². The van der Waals surface area contributed by atoms with Crippen molar-refractivity contribution in [3.8, 4) is 0 Å². The van der Waals surface area contributed by atoms with Crippen molar-refractivity contribution < 1.29 is 0 Å². The molecule has 1 rings (SSSR count). The minimum atomic E-state index is -0.0374. The smallest absolute Gasteiger partial charge is 0.138 e. The number of nitrogens with one attached hydrogen (secondary N) is 1. The highest BCUT2D eigenvalue weighted by molar-refractivity contribution is 5.50. The molecule has 0 saturated carbocycles. The van der Waals surface area contributed by atoms with Gasteiger partial charge < -0.3 is 10.2 Å². The molecule has 1 aromatic rings. The van der Waals surface area contributed by atoms with Crippen LogP contribution in [0.1, 0.15) is 60.2 Å². The van der Waals surface area contributed by atoms with Gasteiger partial charge in [-0.05, 0) is 20.3 Å². The minimum absolute atomic E-state index is 0.0374. The van der Waals surface area contributed by atoms with Crippen LogP contribution in [0.3, 0.4) is 0 Å². The average molecular weight is 278 g/mol. The van der Waals surface area contributed by atoms with Crippen LogP contribution in [0.25, 0.3) is 0 Å². The Morgan fingerprint density at radius 3 is 2.35 bits per heavy atom. The monoisotopic (exact) mass is 278 g/mol. The summed E-state index contributed by atoms with van der Waals surface area (Å²) in [7, 11) is 0. The van der Waals surface area contributed by atoms with Gasteiger partial charge >= 0.3 is 0 Å². The number of nitrogens with zero attached hydrogens (tertiary/aromatic N) is 3. The highest BCUT2D eigenvalue weighted by Crippen LogP contribution is 2.24. The van der Waals surface area contributed by atoms with E-state index < -0.39 is 0 Å². The molecule has 0 fully saturated rings. The Morgan fingerprint density at radius 2 is 1.85 bits per heavy atom. The van der Waals surface area contributed by atoms with E-state index in [1.807, 2.05) is 0 Å². The molecule has 0 spiro atoms. The molecule has 0 aliphatic rings. The van der Waals surface area contributed by atoms with E-state index in [4.69, 9.17) is 4.98 Å². The number of aromatic nitrogens is 2. The molecule has 0 aromatic carbocycles. The van der Waals surface area contributed by atoms with Crippen LogP contribution in [-0.2, 0) is 5.41 Å². The van der Waals surface area contributed by atoms with Crippen molar-refractivity contribution in [3.63, 3.8) is 0 Å². The molecule has 4 nitrogen and oxygen atoms in total. The van der Waals surface area contributed by atoms with E-state index in [2.05, 4.69) is 62.8 Å². The first kappa shape index (κ1) is 16.7. The zero-order valence-corrected chi connectivity index (χ0v) is 14.0. The molecule has 0 bridgehead atoms. The van der Waals surface area contributed by atoms with Crippen molar-refractivity contribution in [3.05, 3.63) is 11.9 Å². The standard InChI is InChI=1S/C16H30N4/c1-7-10-11-20(9-3)14-12-13(17-8-2)18-15(19-14)16(4,5)6/h12H,7-11H2,1-6H3,(H,17,18,19). The zero-order chi connectivity index (χ0) is 15.2. The van der Waals surface area contributed by atoms with Gasteiger partial charge in [0, 0.05) is 31.1 Å². The number of hydrogen-bond acceptors (Lipinski definition) is 4. The van der Waals surface area contributed by atoms with Gasteiger partial charge in [-0.15, -0.1) is 0 Å². The van der Waals surface area contributed by atoms with Gasteiger partial charge in [-0.1, -0.05) is 34.1 Å². The number of unbranched alkanes of at least 4 members (excludes halogenated alkanes) is 1. The van der Waals surface area contributed by atoms with Crippen LogP contribution in [0.15, 0.2) is 6.07 Å². The Balaban J connectivity index is 3.12. The zero-order valence-electron chi connectivity index (χ0n) is 14.0. The lowest BCUT2D eigenvalue weighted by atomic mass is 9.96. The molecule has 4 heteroatoms. The molecule has 1 heterocycles. The van der Waals surface area contributed by atoms with E-state index in [1.54, 1.807) is 0 Å². The van der Waals surface area contributed by atoms with Gasteiger partial charge in [0.05, 0.1) is 0 Å². The third-order valence-corrected chi connectivity index (χ3v) is 3.23. The minimum Gasteiger partial charge on any atom is -0.370 e. The summed E-state index contributed by atoms with van der Waals surface area (Å²) in [6.45, 7) is 15.9. The molecule has 20 heavy (non-hydrogen) atoms. The summed E-state index contributed by atoms with van der Waals surface area (Å²) in [4.78, 5) is 11.8. The van der Waals surface area contributed by atoms with Gasteiger partial charge in [0.15, 0.2) is 0 Å². The molecule has 0 amide bonds. The van der Waals surface area contributed by atoms with Crippen LogP contribution >= 0.6 is 0 Å². The Morgan fingerprint density at radius 1 is 1.15 bits per heavy atom. The van der Waals surface area contributed by atoms with Gasteiger partial charge in [-0.3, -0.25) is 0 Å². The molecule has 0 radical (unpaired) electrons. The lowest BCUT2D eigenvalue weighted by Gasteiger charge is -2.25. The van der Waals surface area contributed by atoms with Crippen molar-refractivity contribution in [1.82, 2.24) is 9.97 Å². The molecule has 114 valence electrons. The molecular weight excluding hydrogens is 248 g/mol. The molecule has 0 unspecified atom stereocenters. The Bertz CT molecular complexity index is 409. The Hall–Kier alpha value is -1.32. The van der Waals surface area contributed by atoms with E-state index in [-0.39, 0.29) is 5.41 Å². The summed E-state index contributed by atoms with van der Waals surface area (Å²) in [5, 5.41) is 3.32. The maximum absolute atomic E-state index is 4.79. The molecule has 1 N–H and O–H groups in total. The van der Waals surface area contributed by atoms with Crippen LogP contribution in [0.2, 0.25) is 0 Å². The molecule has 0 aliphatic carbocycles. The predicted molar refractivity (Wildman–Crippen MR) is 87.7 cm³/mol. The van der Waals surface area contributed by atoms with E-state index >= 15 is 0 Å². The van der Waals surface area contributed by atoms with Gasteiger partial charge in [0.1, 0.15) is 17.5 Å². The Labute approximate surface area is 124 Å². The van der Waals surface area contributed by atoms with E-state index in [0.717, 1.165) is 37.1 Å². The number of rotatable bonds is 7. The topological polar surface area (TPSA) is 41.0 Å². The van der Waals surface area contributed by atoms with Crippen molar-refractivity contribution >= 4 is 11.6 Å². The van der Waals surface area contributed by atoms with E-state index in [1.165, 1.54) is 12.8 Å². The third kappa shape index (κ3) is 4.66. The maximum Gasteiger partial charge on any atom is 0.138 e. The highest BCUT2D eigenvalue weighted by Gasteiger charge is 2.20. The lowest BCUT2D eigenvalue weighted by Crippen LogP contribution is -2.27. The second-order valence-electron chi connectivity index (χ2n) is 6.15. The summed E-state index contributed by atoms with van der Waals surface area (Å²) in [5.74, 6) is 2.87. The van der Waals surface area contributed by atoms with Crippen molar-refractivity contribution in [2.24, 2.45) is 0 Å². The Kier molecular flexibility index (Phi) is 6.24. The molecule has 0 saturated heterocycles. The van der Waals surface area contributed by atoms with Crippen molar-refractivity contribution in [2.45, 2.75) is 59.8 Å². The summed E-state index contributed by atoms with van der Waals surface area (Å²) >= 11 is 0. The van der Waals surface area contributed by atoms with E-state index in [9.17, 15) is 0 Å². The first-order chi connectivity index (χ1) is 9.42. The third-order valence-electron chi connectivity index (χ3n) is 3.23. The second kappa shape index (κ2) is 7.46. The fraction of sp³-hybridized carbons (Fsp3) is 0.750. The maximum atomic E-state index is 4.79. The highest BCUT2D eigenvalue weighted by atomic mass is 15.2. The van der Waals surface area contributed by atoms with Gasteiger partial charge in [0.25, 0.3) is 0 Å². The molecule has 0 atom stereocenters. The fourth-order valence-electron chi connectivity index (χ4n) is 1.99. The predicted octanol–water partition coefficient (Wildman–Crippen LogP) is 3.83. The van der Waals surface area contributed by atoms with Crippen LogP contribution in [-0.4, -0.2) is 29.6 Å². The summed E-state index contributed by atoms with van der Waals surface area (Å²) in [6, 6.07) is 2.07. The summed E-state index contributed by atoms with van der Waals surface area (Å²) in [5.41, 5.74) is -0.0374. The van der Waals surface area contributed by atoms with Gasteiger partial charge in [-0.25, -0.2) is 9.97 Å². The molecular formula is C16H30N4. The first-order valence-electron chi connectivity index (χ1n) is 7.80. The second-order valence-corrected chi connectivity index (χ2v) is 6.15. The average Bonchev–Trinajstić information content (AvgIpc) is 2.39. The normalized spacial score (nSPS) is 11.5. The van der Waals surface area contributed by atoms with Gasteiger partial charge in [-0.2, -0.15) is 0 Å². The van der Waals surface area contributed by atoms with Crippen molar-refractivity contribution in [2.75, 3.05) is 29.9 Å². The largest absolute Gasteiger partial charge is 0.370 e. The quantitative estimate of drug-likeness (QED) is 0.823.